The first kappa shape index (κ1) is 13.3. The molecule has 0 spiro atoms. The Balaban J connectivity index is 2.44. The molecule has 0 amide bonds. The maximum Gasteiger partial charge on any atom is 0.337 e. The lowest BCUT2D eigenvalue weighted by atomic mass is 9.95. The summed E-state index contributed by atoms with van der Waals surface area (Å²) in [4.78, 5) is 22.9. The van der Waals surface area contributed by atoms with Gasteiger partial charge in [-0.15, -0.1) is 0 Å². The zero-order valence-electron chi connectivity index (χ0n) is 10.8. The molecule has 5 nitrogen and oxygen atoms in total. The Morgan fingerprint density at radius 2 is 2.00 bits per heavy atom. The monoisotopic (exact) mass is 260 g/mol. The van der Waals surface area contributed by atoms with E-state index >= 15 is 0 Å². The van der Waals surface area contributed by atoms with E-state index in [1.54, 1.807) is 6.92 Å². The van der Waals surface area contributed by atoms with Gasteiger partial charge in [0, 0.05) is 5.70 Å². The number of methoxy groups -OCH3 is 1. The fraction of sp³-hybridized carbons (Fsp3) is 0.286. The Labute approximate surface area is 111 Å². The molecule has 0 radical (unpaired) electrons. The van der Waals surface area contributed by atoms with Crippen LogP contribution in [0.15, 0.2) is 41.6 Å². The Kier molecular flexibility index (Phi) is 3.97. The molecule has 2 atom stereocenters. The molecule has 100 valence electrons. The van der Waals surface area contributed by atoms with Crippen molar-refractivity contribution in [1.29, 1.82) is 0 Å². The van der Waals surface area contributed by atoms with Gasteiger partial charge in [-0.1, -0.05) is 30.3 Å². The van der Waals surface area contributed by atoms with Gasteiger partial charge in [0.15, 0.2) is 6.29 Å². The predicted molar refractivity (Wildman–Crippen MR) is 70.0 cm³/mol. The van der Waals surface area contributed by atoms with E-state index < -0.39 is 12.1 Å². The number of carbonyl (C=O) groups is 2. The van der Waals surface area contributed by atoms with Gasteiger partial charge in [-0.25, -0.2) is 4.79 Å². The molecule has 5 heteroatoms. The second kappa shape index (κ2) is 5.67. The normalized spacial score (nSPS) is 22.6. The highest BCUT2D eigenvalue weighted by Crippen LogP contribution is 2.27. The molecular weight excluding hydrogens is 244 g/mol. The SMILES string of the molecule is COC(=O)C1=C(C)NC(C=O)NC1c1ccccc1. The molecule has 0 aliphatic carbocycles. The van der Waals surface area contributed by atoms with E-state index in [1.165, 1.54) is 7.11 Å². The molecule has 0 saturated heterocycles. The van der Waals surface area contributed by atoms with Gasteiger partial charge < -0.3 is 10.1 Å². The zero-order valence-corrected chi connectivity index (χ0v) is 10.8. The summed E-state index contributed by atoms with van der Waals surface area (Å²) in [5.74, 6) is -0.407. The quantitative estimate of drug-likeness (QED) is 0.624. The topological polar surface area (TPSA) is 67.4 Å². The van der Waals surface area contributed by atoms with Crippen molar-refractivity contribution < 1.29 is 14.3 Å². The molecule has 1 aromatic carbocycles. The molecule has 2 rings (SSSR count). The summed E-state index contributed by atoms with van der Waals surface area (Å²) in [6.07, 6.45) is 0.256. The average molecular weight is 260 g/mol. The van der Waals surface area contributed by atoms with Crippen LogP contribution >= 0.6 is 0 Å². The molecule has 1 heterocycles. The largest absolute Gasteiger partial charge is 0.466 e. The first-order valence-corrected chi connectivity index (χ1v) is 5.99. The van der Waals surface area contributed by atoms with E-state index in [0.717, 1.165) is 11.8 Å². The lowest BCUT2D eigenvalue weighted by molar-refractivity contribution is -0.137. The Morgan fingerprint density at radius 1 is 1.32 bits per heavy atom. The summed E-state index contributed by atoms with van der Waals surface area (Å²) in [5, 5.41) is 6.01. The second-order valence-corrected chi connectivity index (χ2v) is 4.30. The third-order valence-electron chi connectivity index (χ3n) is 3.09. The number of allylic oxidation sites excluding steroid dienone is 1. The minimum Gasteiger partial charge on any atom is -0.466 e. The van der Waals surface area contributed by atoms with Gasteiger partial charge in [-0.05, 0) is 12.5 Å². The highest BCUT2D eigenvalue weighted by molar-refractivity contribution is 5.91. The van der Waals surface area contributed by atoms with Crippen molar-refractivity contribution in [1.82, 2.24) is 10.6 Å². The van der Waals surface area contributed by atoms with E-state index in [0.29, 0.717) is 11.3 Å². The van der Waals surface area contributed by atoms with Crippen LogP contribution in [0.2, 0.25) is 0 Å². The van der Waals surface area contributed by atoms with Crippen LogP contribution in [0.4, 0.5) is 0 Å². The molecule has 19 heavy (non-hydrogen) atoms. The first-order valence-electron chi connectivity index (χ1n) is 5.99. The van der Waals surface area contributed by atoms with E-state index in [2.05, 4.69) is 10.6 Å². The van der Waals surface area contributed by atoms with Gasteiger partial charge in [0.1, 0.15) is 6.17 Å². The fourth-order valence-electron chi connectivity index (χ4n) is 2.19. The van der Waals surface area contributed by atoms with Crippen molar-refractivity contribution in [2.24, 2.45) is 0 Å². The molecule has 1 aromatic rings. The lowest BCUT2D eigenvalue weighted by Gasteiger charge is -2.32. The molecule has 0 aromatic heterocycles. The molecule has 0 bridgehead atoms. The number of ether oxygens (including phenoxy) is 1. The zero-order chi connectivity index (χ0) is 13.8. The third kappa shape index (κ3) is 2.66. The summed E-state index contributed by atoms with van der Waals surface area (Å²) in [6, 6.07) is 9.13. The molecule has 1 aliphatic heterocycles. The number of hydrogen-bond acceptors (Lipinski definition) is 5. The highest BCUT2D eigenvalue weighted by atomic mass is 16.5. The van der Waals surface area contributed by atoms with Crippen molar-refractivity contribution in [3.05, 3.63) is 47.2 Å². The van der Waals surface area contributed by atoms with Gasteiger partial charge in [-0.3, -0.25) is 10.1 Å². The van der Waals surface area contributed by atoms with Gasteiger partial charge in [0.2, 0.25) is 0 Å². The smallest absolute Gasteiger partial charge is 0.337 e. The van der Waals surface area contributed by atoms with Crippen LogP contribution in [0.3, 0.4) is 0 Å². The molecular formula is C14H16N2O3. The van der Waals surface area contributed by atoms with Crippen molar-refractivity contribution in [2.75, 3.05) is 7.11 Å². The first-order chi connectivity index (χ1) is 9.17. The number of hydrogen-bond donors (Lipinski definition) is 2. The van der Waals surface area contributed by atoms with Crippen LogP contribution in [0.25, 0.3) is 0 Å². The van der Waals surface area contributed by atoms with Crippen LogP contribution in [-0.4, -0.2) is 25.5 Å². The Morgan fingerprint density at radius 3 is 2.58 bits per heavy atom. The minimum atomic E-state index is -0.515. The van der Waals surface area contributed by atoms with Gasteiger partial charge in [-0.2, -0.15) is 0 Å². The summed E-state index contributed by atoms with van der Waals surface area (Å²) < 4.78 is 4.82. The van der Waals surface area contributed by atoms with Gasteiger partial charge in [0.25, 0.3) is 0 Å². The maximum absolute atomic E-state index is 11.9. The van der Waals surface area contributed by atoms with Crippen LogP contribution in [-0.2, 0) is 14.3 Å². The van der Waals surface area contributed by atoms with Crippen molar-refractivity contribution in [3.8, 4) is 0 Å². The number of nitrogens with one attached hydrogen (secondary N) is 2. The van der Waals surface area contributed by atoms with E-state index in [9.17, 15) is 9.59 Å². The highest BCUT2D eigenvalue weighted by Gasteiger charge is 2.32. The number of benzene rings is 1. The standard InChI is InChI=1S/C14H16N2O3/c1-9-12(14(18)19-2)13(16-11(8-17)15-9)10-6-4-3-5-7-10/h3-8,11,13,15-16H,1-2H3. The van der Waals surface area contributed by atoms with Gasteiger partial charge >= 0.3 is 5.97 Å². The number of rotatable bonds is 3. The molecule has 2 N–H and O–H groups in total. The number of aldehydes is 1. The summed E-state index contributed by atoms with van der Waals surface area (Å²) in [6.45, 7) is 1.76. The third-order valence-corrected chi connectivity index (χ3v) is 3.09. The van der Waals surface area contributed by atoms with Crippen LogP contribution < -0.4 is 10.6 Å². The maximum atomic E-state index is 11.9. The summed E-state index contributed by atoms with van der Waals surface area (Å²) in [7, 11) is 1.34. The molecule has 0 saturated carbocycles. The Bertz CT molecular complexity index is 511. The van der Waals surface area contributed by atoms with E-state index in [4.69, 9.17) is 4.74 Å². The summed E-state index contributed by atoms with van der Waals surface area (Å²) >= 11 is 0. The molecule has 2 unspecified atom stereocenters. The summed E-state index contributed by atoms with van der Waals surface area (Å²) in [5.41, 5.74) is 2.05. The van der Waals surface area contributed by atoms with E-state index in [1.807, 2.05) is 30.3 Å². The molecule has 0 fully saturated rings. The van der Waals surface area contributed by atoms with Crippen LogP contribution in [0.5, 0.6) is 0 Å². The predicted octanol–water partition coefficient (Wildman–Crippen LogP) is 0.892. The van der Waals surface area contributed by atoms with Crippen LogP contribution in [0.1, 0.15) is 18.5 Å². The number of esters is 1. The van der Waals surface area contributed by atoms with Crippen molar-refractivity contribution >= 4 is 12.3 Å². The average Bonchev–Trinajstić information content (AvgIpc) is 2.46. The Hall–Kier alpha value is -2.14. The van der Waals surface area contributed by atoms with Gasteiger partial charge in [0.05, 0.1) is 18.7 Å². The number of carbonyl (C=O) groups excluding carboxylic acids is 2. The van der Waals surface area contributed by atoms with Crippen molar-refractivity contribution in [3.63, 3.8) is 0 Å². The second-order valence-electron chi connectivity index (χ2n) is 4.30. The lowest BCUT2D eigenvalue weighted by Crippen LogP contribution is -2.50. The fourth-order valence-corrected chi connectivity index (χ4v) is 2.19. The molecule has 1 aliphatic rings. The van der Waals surface area contributed by atoms with Crippen LogP contribution in [0, 0.1) is 0 Å². The van der Waals surface area contributed by atoms with E-state index in [-0.39, 0.29) is 6.04 Å². The van der Waals surface area contributed by atoms with Crippen molar-refractivity contribution in [2.45, 2.75) is 19.1 Å². The minimum absolute atomic E-state index is 0.356.